The lowest BCUT2D eigenvalue weighted by Gasteiger charge is -2.32. The summed E-state index contributed by atoms with van der Waals surface area (Å²) in [7, 11) is 0.459. The van der Waals surface area contributed by atoms with E-state index < -0.39 is 22.0 Å². The minimum absolute atomic E-state index is 0.00242. The molecule has 0 spiro atoms. The third kappa shape index (κ3) is 7.00. The fraction of sp³-hybridized carbons (Fsp3) is 0.333. The number of ether oxygens (including phenoxy) is 3. The first-order valence-corrected chi connectivity index (χ1v) is 13.3. The van der Waals surface area contributed by atoms with Crippen molar-refractivity contribution in [2.24, 2.45) is 5.92 Å². The molecule has 1 heterocycles. The third-order valence-electron chi connectivity index (χ3n) is 5.83. The van der Waals surface area contributed by atoms with E-state index in [2.05, 4.69) is 10.5 Å². The molecule has 11 heteroatoms. The lowest BCUT2D eigenvalue weighted by molar-refractivity contribution is -0.140. The van der Waals surface area contributed by atoms with Crippen LogP contribution in [-0.2, 0) is 32.8 Å². The number of amides is 1. The molecule has 3 aromatic rings. The molecule has 0 fully saturated rings. The second-order valence-corrected chi connectivity index (χ2v) is 10.6. The molecule has 1 N–H and O–H groups in total. The molecule has 0 aliphatic rings. The van der Waals surface area contributed by atoms with Crippen LogP contribution in [0.5, 0.6) is 17.2 Å². The summed E-state index contributed by atoms with van der Waals surface area (Å²) in [5.74, 6) is 0.666. The average Bonchev–Trinajstić information content (AvgIpc) is 2.93. The van der Waals surface area contributed by atoms with Crippen molar-refractivity contribution in [3.8, 4) is 17.2 Å². The fourth-order valence-corrected chi connectivity index (χ4v) is 5.58. The Kier molecular flexibility index (Phi) is 10.1. The highest BCUT2D eigenvalue weighted by molar-refractivity contribution is 7.89. The molecule has 2 aromatic carbocycles. The summed E-state index contributed by atoms with van der Waals surface area (Å²) in [5.41, 5.74) is 3.74. The number of methoxy groups -OCH3 is 3. The van der Waals surface area contributed by atoms with Crippen LogP contribution in [0.25, 0.3) is 0 Å². The number of hydrogen-bond donors (Lipinski definition) is 1. The van der Waals surface area contributed by atoms with Crippen LogP contribution in [0.4, 0.5) is 0 Å². The molecule has 0 radical (unpaired) electrons. The highest BCUT2D eigenvalue weighted by Gasteiger charge is 2.38. The zero-order valence-electron chi connectivity index (χ0n) is 22.1. The van der Waals surface area contributed by atoms with Gasteiger partial charge < -0.3 is 14.2 Å². The molecule has 0 saturated heterocycles. The van der Waals surface area contributed by atoms with Crippen LogP contribution >= 0.6 is 0 Å². The van der Waals surface area contributed by atoms with Crippen molar-refractivity contribution in [2.45, 2.75) is 37.9 Å². The number of hydrogen-bond acceptors (Lipinski definition) is 8. The first kappa shape index (κ1) is 28.9. The molecule has 38 heavy (non-hydrogen) atoms. The van der Waals surface area contributed by atoms with Gasteiger partial charge in [0.2, 0.25) is 10.0 Å². The number of nitrogens with zero attached hydrogens (tertiary/aromatic N) is 2. The molecule has 0 bridgehead atoms. The Morgan fingerprint density at radius 3 is 2.24 bits per heavy atom. The van der Waals surface area contributed by atoms with Gasteiger partial charge in [0.05, 0.1) is 26.2 Å². The van der Waals surface area contributed by atoms with Crippen molar-refractivity contribution in [3.63, 3.8) is 0 Å². The van der Waals surface area contributed by atoms with Crippen LogP contribution in [0.1, 0.15) is 25.0 Å². The van der Waals surface area contributed by atoms with Crippen molar-refractivity contribution in [1.82, 2.24) is 14.8 Å². The molecule has 1 unspecified atom stereocenters. The van der Waals surface area contributed by atoms with E-state index in [1.54, 1.807) is 75.8 Å². The van der Waals surface area contributed by atoms with E-state index in [1.165, 1.54) is 30.7 Å². The largest absolute Gasteiger partial charge is 0.497 e. The Morgan fingerprint density at radius 1 is 0.974 bits per heavy atom. The molecule has 0 aliphatic carbocycles. The quantitative estimate of drug-likeness (QED) is 0.325. The van der Waals surface area contributed by atoms with Crippen LogP contribution in [0.2, 0.25) is 0 Å². The standard InChI is InChI=1S/C27H33N3O7S/c1-19(2)26(27(31)29-37-18-21-8-9-23(35-4)15-25(21)36-5)30(17-20-7-6-14-28-16-20)38(32,33)24-12-10-22(34-3)11-13-24/h6-16,19,26H,17-18H2,1-5H3,(H,29,31). The van der Waals surface area contributed by atoms with Gasteiger partial charge in [-0.2, -0.15) is 4.31 Å². The second-order valence-electron chi connectivity index (χ2n) is 8.71. The smallest absolute Gasteiger partial charge is 0.262 e. The van der Waals surface area contributed by atoms with E-state index in [4.69, 9.17) is 19.0 Å². The third-order valence-corrected chi connectivity index (χ3v) is 7.67. The number of benzene rings is 2. The van der Waals surface area contributed by atoms with E-state index >= 15 is 0 Å². The van der Waals surface area contributed by atoms with Crippen LogP contribution in [0.15, 0.2) is 71.9 Å². The van der Waals surface area contributed by atoms with E-state index in [0.717, 1.165) is 0 Å². The normalized spacial score (nSPS) is 12.3. The Morgan fingerprint density at radius 2 is 1.66 bits per heavy atom. The molecule has 0 saturated carbocycles. The lowest BCUT2D eigenvalue weighted by Crippen LogP contribution is -2.51. The molecule has 3 rings (SSSR count). The van der Waals surface area contributed by atoms with Gasteiger partial charge in [-0.3, -0.25) is 14.6 Å². The molecular weight excluding hydrogens is 510 g/mol. The Balaban J connectivity index is 1.87. The number of nitrogens with one attached hydrogen (secondary N) is 1. The maximum Gasteiger partial charge on any atom is 0.262 e. The van der Waals surface area contributed by atoms with Crippen molar-refractivity contribution in [3.05, 3.63) is 78.1 Å². The summed E-state index contributed by atoms with van der Waals surface area (Å²) in [6.45, 7) is 3.48. The van der Waals surface area contributed by atoms with Crippen molar-refractivity contribution >= 4 is 15.9 Å². The Labute approximate surface area is 223 Å². The van der Waals surface area contributed by atoms with Gasteiger partial charge in [-0.1, -0.05) is 19.9 Å². The minimum Gasteiger partial charge on any atom is -0.497 e. The topological polar surface area (TPSA) is 116 Å². The van der Waals surface area contributed by atoms with Crippen molar-refractivity contribution < 1.29 is 32.3 Å². The number of rotatable bonds is 13. The SMILES string of the molecule is COc1ccc(S(=O)(=O)N(Cc2cccnc2)C(C(=O)NOCc2ccc(OC)cc2OC)C(C)C)cc1. The Hall–Kier alpha value is -3.67. The number of carbonyl (C=O) groups excluding carboxylic acids is 1. The number of sulfonamides is 1. The van der Waals surface area contributed by atoms with Crippen LogP contribution in [0.3, 0.4) is 0 Å². The van der Waals surface area contributed by atoms with E-state index in [1.807, 2.05) is 0 Å². The number of hydroxylamine groups is 1. The molecule has 1 aromatic heterocycles. The van der Waals surface area contributed by atoms with E-state index in [-0.39, 0.29) is 24.0 Å². The maximum atomic E-state index is 13.8. The van der Waals surface area contributed by atoms with Gasteiger partial charge in [-0.15, -0.1) is 0 Å². The predicted molar refractivity (Wildman–Crippen MR) is 141 cm³/mol. The first-order valence-electron chi connectivity index (χ1n) is 11.9. The highest BCUT2D eigenvalue weighted by atomic mass is 32.2. The molecule has 0 aliphatic heterocycles. The van der Waals surface area contributed by atoms with E-state index in [9.17, 15) is 13.2 Å². The zero-order chi connectivity index (χ0) is 27.7. The maximum absolute atomic E-state index is 13.8. The molecule has 1 amide bonds. The molecule has 10 nitrogen and oxygen atoms in total. The minimum atomic E-state index is -4.11. The fourth-order valence-electron chi connectivity index (χ4n) is 3.87. The summed E-state index contributed by atoms with van der Waals surface area (Å²) < 4.78 is 44.6. The monoisotopic (exact) mass is 543 g/mol. The summed E-state index contributed by atoms with van der Waals surface area (Å²) in [4.78, 5) is 23.0. The van der Waals surface area contributed by atoms with Gasteiger partial charge in [0.15, 0.2) is 0 Å². The summed E-state index contributed by atoms with van der Waals surface area (Å²) in [6, 6.07) is 13.6. The lowest BCUT2D eigenvalue weighted by atomic mass is 10.0. The Bertz CT molecular complexity index is 1300. The predicted octanol–water partition coefficient (Wildman–Crippen LogP) is 3.57. The number of aromatic nitrogens is 1. The zero-order valence-corrected chi connectivity index (χ0v) is 22.9. The molecule has 204 valence electrons. The van der Waals surface area contributed by atoms with Gasteiger partial charge in [0.25, 0.3) is 5.91 Å². The van der Waals surface area contributed by atoms with Gasteiger partial charge in [0.1, 0.15) is 29.9 Å². The van der Waals surface area contributed by atoms with Gasteiger partial charge in [-0.05, 0) is 53.9 Å². The van der Waals surface area contributed by atoms with Crippen molar-refractivity contribution in [1.29, 1.82) is 0 Å². The van der Waals surface area contributed by atoms with Crippen molar-refractivity contribution in [2.75, 3.05) is 21.3 Å². The van der Waals surface area contributed by atoms with Gasteiger partial charge in [0, 0.05) is 30.6 Å². The molecule has 1 atom stereocenters. The second kappa shape index (κ2) is 13.2. The molecular formula is C27H33N3O7S. The summed E-state index contributed by atoms with van der Waals surface area (Å²) in [5, 5.41) is 0. The summed E-state index contributed by atoms with van der Waals surface area (Å²) in [6.07, 6.45) is 3.16. The van der Waals surface area contributed by atoms with Crippen LogP contribution < -0.4 is 19.7 Å². The van der Waals surface area contributed by atoms with Gasteiger partial charge in [-0.25, -0.2) is 13.9 Å². The number of carbonyl (C=O) groups is 1. The van der Waals surface area contributed by atoms with Gasteiger partial charge >= 0.3 is 0 Å². The highest BCUT2D eigenvalue weighted by Crippen LogP contribution is 2.27. The number of pyridine rings is 1. The first-order chi connectivity index (χ1) is 18.2. The van der Waals surface area contributed by atoms with E-state index in [0.29, 0.717) is 28.4 Å². The average molecular weight is 544 g/mol. The van der Waals surface area contributed by atoms with Crippen LogP contribution in [-0.4, -0.2) is 51.0 Å². The van der Waals surface area contributed by atoms with Crippen LogP contribution in [0, 0.1) is 5.92 Å². The summed E-state index contributed by atoms with van der Waals surface area (Å²) >= 11 is 0.